The average molecular weight is 128 g/mol. The molecule has 0 aromatic carbocycles. The third kappa shape index (κ3) is 1.66. The lowest BCUT2D eigenvalue weighted by Gasteiger charge is -2.16. The second-order valence-corrected chi connectivity index (χ2v) is 2.77. The van der Waals surface area contributed by atoms with E-state index >= 15 is 0 Å². The van der Waals surface area contributed by atoms with Crippen LogP contribution in [0.15, 0.2) is 0 Å². The molecule has 0 aromatic heterocycles. The van der Waals surface area contributed by atoms with Gasteiger partial charge in [0.15, 0.2) is 0 Å². The van der Waals surface area contributed by atoms with E-state index in [1.165, 1.54) is 19.4 Å². The molecule has 1 rings (SSSR count). The van der Waals surface area contributed by atoms with Gasteiger partial charge in [0.05, 0.1) is 6.61 Å². The molecule has 9 heavy (non-hydrogen) atoms. The zero-order valence-electron chi connectivity index (χ0n) is 5.97. The minimum atomic E-state index is 0.0923. The molecule has 1 aliphatic heterocycles. The van der Waals surface area contributed by atoms with Crippen molar-refractivity contribution in [3.63, 3.8) is 0 Å². The van der Waals surface area contributed by atoms with Crippen molar-refractivity contribution in [2.45, 2.75) is 25.3 Å². The summed E-state index contributed by atoms with van der Waals surface area (Å²) in [5, 5.41) is 10.2. The van der Waals surface area contributed by atoms with Crippen molar-refractivity contribution in [1.29, 1.82) is 0 Å². The summed E-state index contributed by atoms with van der Waals surface area (Å²) in [6.45, 7) is 1.28. The second kappa shape index (κ2) is 3.18. The van der Waals surface area contributed by atoms with Crippen LogP contribution < -0.4 is 0 Å². The average Bonchev–Trinajstić information content (AvgIpc) is 2.18. The van der Waals surface area contributed by atoms with Gasteiger partial charge in [0.2, 0.25) is 0 Å². The van der Waals surface area contributed by atoms with E-state index < -0.39 is 0 Å². The molecule has 0 bridgehead atoms. The van der Waals surface area contributed by atoms with Gasteiger partial charge in [-0.25, -0.2) is 5.11 Å². The van der Waals surface area contributed by atoms with Crippen LogP contribution in [0.1, 0.15) is 19.3 Å². The molecular formula is C7H14NO. The smallest absolute Gasteiger partial charge is 0.0837 e. The van der Waals surface area contributed by atoms with Gasteiger partial charge in [0, 0.05) is 6.04 Å². The van der Waals surface area contributed by atoms with Crippen LogP contribution in [0, 0.1) is 0 Å². The van der Waals surface area contributed by atoms with E-state index in [0.29, 0.717) is 6.04 Å². The Morgan fingerprint density at radius 2 is 2.44 bits per heavy atom. The van der Waals surface area contributed by atoms with Gasteiger partial charge in [0.25, 0.3) is 0 Å². The SMILES string of the molecule is CN1CCC[C@@H]1CC[O]. The summed E-state index contributed by atoms with van der Waals surface area (Å²) in [6, 6.07) is 0.600. The predicted octanol–water partition coefficient (Wildman–Crippen LogP) is 0.901. The largest absolute Gasteiger partial charge is 0.303 e. The van der Waals surface area contributed by atoms with Gasteiger partial charge >= 0.3 is 0 Å². The number of rotatable bonds is 2. The van der Waals surface area contributed by atoms with E-state index in [2.05, 4.69) is 11.9 Å². The summed E-state index contributed by atoms with van der Waals surface area (Å²) in [4.78, 5) is 2.29. The molecule has 1 heterocycles. The molecule has 1 fully saturated rings. The van der Waals surface area contributed by atoms with Crippen LogP contribution in [-0.2, 0) is 5.11 Å². The molecule has 0 spiro atoms. The van der Waals surface area contributed by atoms with Crippen molar-refractivity contribution in [2.24, 2.45) is 0 Å². The summed E-state index contributed by atoms with van der Waals surface area (Å²) < 4.78 is 0. The van der Waals surface area contributed by atoms with Crippen LogP contribution >= 0.6 is 0 Å². The van der Waals surface area contributed by atoms with E-state index in [4.69, 9.17) is 0 Å². The number of likely N-dealkylation sites (tertiary alicyclic amines) is 1. The Kier molecular flexibility index (Phi) is 2.49. The highest BCUT2D eigenvalue weighted by Gasteiger charge is 2.19. The van der Waals surface area contributed by atoms with Crippen LogP contribution in [0.4, 0.5) is 0 Å². The Bertz CT molecular complexity index is 85.0. The summed E-state index contributed by atoms with van der Waals surface area (Å²) >= 11 is 0. The monoisotopic (exact) mass is 128 g/mol. The van der Waals surface area contributed by atoms with Crippen molar-refractivity contribution in [2.75, 3.05) is 20.2 Å². The fourth-order valence-electron chi connectivity index (χ4n) is 1.48. The van der Waals surface area contributed by atoms with Crippen LogP contribution in [0.25, 0.3) is 0 Å². The van der Waals surface area contributed by atoms with Gasteiger partial charge in [-0.3, -0.25) is 0 Å². The number of hydrogen-bond acceptors (Lipinski definition) is 1. The summed E-state index contributed by atoms with van der Waals surface area (Å²) in [5.41, 5.74) is 0. The van der Waals surface area contributed by atoms with Crippen LogP contribution in [0.3, 0.4) is 0 Å². The van der Waals surface area contributed by atoms with Gasteiger partial charge in [0.1, 0.15) is 0 Å². The minimum Gasteiger partial charge on any atom is -0.303 e. The van der Waals surface area contributed by atoms with Crippen molar-refractivity contribution in [1.82, 2.24) is 4.90 Å². The molecule has 1 radical (unpaired) electrons. The van der Waals surface area contributed by atoms with E-state index in [0.717, 1.165) is 6.42 Å². The molecular weight excluding hydrogens is 114 g/mol. The molecule has 53 valence electrons. The highest BCUT2D eigenvalue weighted by molar-refractivity contribution is 4.75. The molecule has 0 aliphatic carbocycles. The molecule has 2 nitrogen and oxygen atoms in total. The van der Waals surface area contributed by atoms with Crippen molar-refractivity contribution in [3.8, 4) is 0 Å². The molecule has 0 N–H and O–H groups in total. The Morgan fingerprint density at radius 1 is 1.67 bits per heavy atom. The van der Waals surface area contributed by atoms with Gasteiger partial charge in [-0.1, -0.05) is 0 Å². The zero-order valence-corrected chi connectivity index (χ0v) is 5.97. The van der Waals surface area contributed by atoms with Crippen molar-refractivity contribution in [3.05, 3.63) is 0 Å². The van der Waals surface area contributed by atoms with E-state index in [1.54, 1.807) is 0 Å². The maximum atomic E-state index is 10.2. The quantitative estimate of drug-likeness (QED) is 0.542. The third-order valence-electron chi connectivity index (χ3n) is 2.12. The normalized spacial score (nSPS) is 29.3. The third-order valence-corrected chi connectivity index (χ3v) is 2.12. The first kappa shape index (κ1) is 7.03. The van der Waals surface area contributed by atoms with Crippen LogP contribution in [-0.4, -0.2) is 31.1 Å². The first-order valence-corrected chi connectivity index (χ1v) is 3.63. The van der Waals surface area contributed by atoms with E-state index in [9.17, 15) is 5.11 Å². The Morgan fingerprint density at radius 3 is 2.89 bits per heavy atom. The van der Waals surface area contributed by atoms with E-state index in [1.807, 2.05) is 0 Å². The van der Waals surface area contributed by atoms with Crippen molar-refractivity contribution < 1.29 is 5.11 Å². The highest BCUT2D eigenvalue weighted by Crippen LogP contribution is 2.16. The maximum Gasteiger partial charge on any atom is 0.0837 e. The summed E-state index contributed by atoms with van der Waals surface area (Å²) in [6.07, 6.45) is 3.36. The number of nitrogens with zero attached hydrogens (tertiary/aromatic N) is 1. The molecule has 0 unspecified atom stereocenters. The van der Waals surface area contributed by atoms with Gasteiger partial charge in [-0.15, -0.1) is 0 Å². The lowest BCUT2D eigenvalue weighted by molar-refractivity contribution is 0.156. The number of hydrogen-bond donors (Lipinski definition) is 0. The molecule has 0 aromatic rings. The van der Waals surface area contributed by atoms with Crippen LogP contribution in [0.5, 0.6) is 0 Å². The highest BCUT2D eigenvalue weighted by atomic mass is 16.3. The maximum absolute atomic E-state index is 10.2. The van der Waals surface area contributed by atoms with E-state index in [-0.39, 0.29) is 6.61 Å². The first-order valence-electron chi connectivity index (χ1n) is 3.63. The molecule has 0 saturated carbocycles. The minimum absolute atomic E-state index is 0.0923. The Balaban J connectivity index is 2.22. The van der Waals surface area contributed by atoms with Gasteiger partial charge in [-0.2, -0.15) is 0 Å². The zero-order chi connectivity index (χ0) is 6.69. The van der Waals surface area contributed by atoms with Gasteiger partial charge in [-0.05, 0) is 32.9 Å². The van der Waals surface area contributed by atoms with Gasteiger partial charge < -0.3 is 4.90 Å². The fourth-order valence-corrected chi connectivity index (χ4v) is 1.48. The lowest BCUT2D eigenvalue weighted by Crippen LogP contribution is -2.25. The Hall–Kier alpha value is -0.0800. The fraction of sp³-hybridized carbons (Fsp3) is 1.00. The molecule has 1 atom stereocenters. The summed E-state index contributed by atoms with van der Waals surface area (Å²) in [7, 11) is 2.10. The van der Waals surface area contributed by atoms with Crippen molar-refractivity contribution >= 4 is 0 Å². The topological polar surface area (TPSA) is 23.1 Å². The standard InChI is InChI=1S/C7H14NO/c1-8-5-2-3-7(8)4-6-9/h7H,2-6H2,1H3/t7-/m1/s1. The molecule has 1 saturated heterocycles. The second-order valence-electron chi connectivity index (χ2n) is 2.77. The molecule has 2 heteroatoms. The molecule has 1 aliphatic rings. The Labute approximate surface area is 56.5 Å². The lowest BCUT2D eigenvalue weighted by atomic mass is 10.2. The van der Waals surface area contributed by atoms with Crippen LogP contribution in [0.2, 0.25) is 0 Å². The summed E-state index contributed by atoms with van der Waals surface area (Å²) in [5.74, 6) is 0. The first-order chi connectivity index (χ1) is 4.34. The predicted molar refractivity (Wildman–Crippen MR) is 35.8 cm³/mol. The molecule has 0 amide bonds.